The van der Waals surface area contributed by atoms with Gasteiger partial charge in [-0.1, -0.05) is 25.6 Å². The molecule has 0 aromatic heterocycles. The molecule has 0 rings (SSSR count). The number of amides is 3. The zero-order valence-electron chi connectivity index (χ0n) is 17.0. The van der Waals surface area contributed by atoms with Crippen LogP contribution in [-0.4, -0.2) is 82.1 Å². The van der Waals surface area contributed by atoms with E-state index >= 15 is 0 Å². The van der Waals surface area contributed by atoms with Gasteiger partial charge in [0, 0.05) is 26.3 Å². The number of thioether (sulfide) groups is 1. The fourth-order valence-corrected chi connectivity index (χ4v) is 2.91. The molecule has 0 unspecified atom stereocenters. The van der Waals surface area contributed by atoms with Crippen LogP contribution in [0, 0.1) is 5.92 Å². The smallest absolute Gasteiger partial charge is 0.326 e. The number of nitrogens with one attached hydrogen (secondary N) is 2. The lowest BCUT2D eigenvalue weighted by molar-refractivity contribution is -0.143. The number of rotatable bonds is 12. The van der Waals surface area contributed by atoms with Crippen LogP contribution in [0.5, 0.6) is 0 Å². The molecule has 166 valence electrons. The van der Waals surface area contributed by atoms with Gasteiger partial charge in [-0.05, 0) is 18.8 Å². The zero-order valence-corrected chi connectivity index (χ0v) is 17.8. The van der Waals surface area contributed by atoms with Crippen molar-refractivity contribution >= 4 is 40.8 Å². The second-order valence-corrected chi connectivity index (χ2v) is 7.97. The lowest BCUT2D eigenvalue weighted by atomic mass is 10.0. The topological polar surface area (TPSA) is 179 Å². The van der Waals surface area contributed by atoms with Gasteiger partial charge in [-0.15, -0.1) is 0 Å². The van der Waals surface area contributed by atoms with Crippen LogP contribution in [0.15, 0.2) is 0 Å². The molecule has 0 aliphatic rings. The molecule has 0 fully saturated rings. The van der Waals surface area contributed by atoms with Crippen LogP contribution in [0.25, 0.3) is 0 Å². The number of carbonyl (C=O) groups excluding carboxylic acids is 3. The highest BCUT2D eigenvalue weighted by Crippen LogP contribution is 2.10. The quantitative estimate of drug-likeness (QED) is 0.275. The van der Waals surface area contributed by atoms with Crippen LogP contribution in [0.3, 0.4) is 0 Å². The Morgan fingerprint density at radius 3 is 2.07 bits per heavy atom. The molecule has 0 aromatic rings. The molecule has 0 aliphatic heterocycles. The Morgan fingerprint density at radius 2 is 1.62 bits per heavy atom. The second kappa shape index (κ2) is 13.0. The van der Waals surface area contributed by atoms with E-state index in [1.54, 1.807) is 13.8 Å². The number of hydrogen-bond donors (Lipinski definition) is 5. The Bertz CT molecular complexity index is 613. The molecule has 11 nitrogen and oxygen atoms in total. The molecule has 0 saturated carbocycles. The van der Waals surface area contributed by atoms with E-state index in [-0.39, 0.29) is 36.2 Å². The van der Waals surface area contributed by atoms with Gasteiger partial charge >= 0.3 is 11.9 Å². The summed E-state index contributed by atoms with van der Waals surface area (Å²) >= 11 is 0.806. The Hall–Kier alpha value is -2.34. The van der Waals surface area contributed by atoms with Gasteiger partial charge in [0.05, 0.1) is 0 Å². The summed E-state index contributed by atoms with van der Waals surface area (Å²) < 4.78 is 0. The number of carbonyl (C=O) groups is 5. The van der Waals surface area contributed by atoms with Crippen molar-refractivity contribution in [2.45, 2.75) is 51.2 Å². The largest absolute Gasteiger partial charge is 0.480 e. The number of aliphatic carboxylic acids is 2. The van der Waals surface area contributed by atoms with Crippen molar-refractivity contribution in [3.05, 3.63) is 0 Å². The summed E-state index contributed by atoms with van der Waals surface area (Å²) in [5.41, 5.74) is 5.38. The molecule has 12 heteroatoms. The first-order valence-electron chi connectivity index (χ1n) is 9.01. The van der Waals surface area contributed by atoms with Crippen molar-refractivity contribution < 1.29 is 34.2 Å². The minimum atomic E-state index is -1.21. The molecule has 0 saturated heterocycles. The first-order chi connectivity index (χ1) is 13.4. The van der Waals surface area contributed by atoms with Gasteiger partial charge in [0.2, 0.25) is 11.8 Å². The molecule has 3 atom stereocenters. The van der Waals surface area contributed by atoms with Gasteiger partial charge in [-0.2, -0.15) is 0 Å². The van der Waals surface area contributed by atoms with Crippen molar-refractivity contribution in [1.82, 2.24) is 15.5 Å². The average molecular weight is 435 g/mol. The molecule has 6 N–H and O–H groups in total. The highest BCUT2D eigenvalue weighted by atomic mass is 32.2. The Balaban J connectivity index is 5.01. The van der Waals surface area contributed by atoms with E-state index in [1.807, 2.05) is 0 Å². The van der Waals surface area contributed by atoms with Crippen molar-refractivity contribution in [2.75, 3.05) is 19.8 Å². The molecule has 3 amide bonds. The molecule has 0 bridgehead atoms. The summed E-state index contributed by atoms with van der Waals surface area (Å²) in [6.45, 7) is 3.26. The predicted octanol–water partition coefficient (Wildman–Crippen LogP) is -0.306. The first-order valence-corrected chi connectivity index (χ1v) is 10.00. The van der Waals surface area contributed by atoms with Crippen LogP contribution < -0.4 is 16.4 Å². The summed E-state index contributed by atoms with van der Waals surface area (Å²) in [5.74, 6) is -4.11. The van der Waals surface area contributed by atoms with Gasteiger partial charge < -0.3 is 31.5 Å². The van der Waals surface area contributed by atoms with Crippen molar-refractivity contribution in [3.8, 4) is 0 Å². The summed E-state index contributed by atoms with van der Waals surface area (Å²) in [6.07, 6.45) is 0.215. The van der Waals surface area contributed by atoms with Gasteiger partial charge in [0.15, 0.2) is 0 Å². The fraction of sp³-hybridized carbons (Fsp3) is 0.706. The molecule has 0 spiro atoms. The molecule has 0 radical (unpaired) electrons. The minimum absolute atomic E-state index is 0.0659. The Kier molecular flexibility index (Phi) is 11.9. The number of carboxylic acid groups (broad SMARTS) is 2. The number of nitrogens with zero attached hydrogens (tertiary/aromatic N) is 1. The summed E-state index contributed by atoms with van der Waals surface area (Å²) in [5, 5.41) is 22.5. The maximum Gasteiger partial charge on any atom is 0.326 e. The third-order valence-electron chi connectivity index (χ3n) is 3.86. The van der Waals surface area contributed by atoms with E-state index in [0.29, 0.717) is 0 Å². The Morgan fingerprint density at radius 1 is 1.03 bits per heavy atom. The predicted molar refractivity (Wildman–Crippen MR) is 107 cm³/mol. The van der Waals surface area contributed by atoms with E-state index in [9.17, 15) is 29.1 Å². The summed E-state index contributed by atoms with van der Waals surface area (Å²) in [7, 11) is 3.07. The number of hydrogen-bond acceptors (Lipinski definition) is 7. The Labute approximate surface area is 173 Å². The third kappa shape index (κ3) is 10.7. The molecule has 0 aliphatic carbocycles. The van der Waals surface area contributed by atoms with Crippen molar-refractivity contribution in [1.29, 1.82) is 0 Å². The van der Waals surface area contributed by atoms with E-state index in [4.69, 9.17) is 10.8 Å². The maximum absolute atomic E-state index is 12.5. The third-order valence-corrected chi connectivity index (χ3v) is 4.97. The number of nitrogens with two attached hydrogens (primary N) is 1. The molecule has 0 aromatic carbocycles. The zero-order chi connectivity index (χ0) is 22.7. The molecular formula is C17H30N4O7S. The summed E-state index contributed by atoms with van der Waals surface area (Å²) in [6, 6.07) is -3.37. The highest BCUT2D eigenvalue weighted by Gasteiger charge is 2.29. The van der Waals surface area contributed by atoms with Gasteiger partial charge in [0.25, 0.3) is 5.24 Å². The summed E-state index contributed by atoms with van der Waals surface area (Å²) in [4.78, 5) is 59.8. The minimum Gasteiger partial charge on any atom is -0.480 e. The van der Waals surface area contributed by atoms with E-state index in [1.165, 1.54) is 19.0 Å². The van der Waals surface area contributed by atoms with Gasteiger partial charge in [0.1, 0.15) is 18.1 Å². The lowest BCUT2D eigenvalue weighted by Crippen LogP contribution is -2.54. The van der Waals surface area contributed by atoms with Crippen LogP contribution in [0.2, 0.25) is 0 Å². The average Bonchev–Trinajstić information content (AvgIpc) is 2.61. The lowest BCUT2D eigenvalue weighted by Gasteiger charge is -2.23. The standard InChI is InChI=1S/C17H30N4O7S/c1-9(2)13(16(26)27)20-14(23)11(8-29-17(28)21(3)4)19-12(22)7-5-6-10(18)15(24)25/h9-11,13H,5-8,18H2,1-4H3,(H,19,22)(H,20,23)(H,24,25)(H,26,27)/t10-,11-,13+/m0/s1. The maximum atomic E-state index is 12.5. The van der Waals surface area contributed by atoms with E-state index in [2.05, 4.69) is 10.6 Å². The first kappa shape index (κ1) is 26.7. The molecule has 0 heterocycles. The molecular weight excluding hydrogens is 404 g/mol. The van der Waals surface area contributed by atoms with Gasteiger partial charge in [-0.3, -0.25) is 19.2 Å². The normalized spacial score (nSPS) is 13.9. The van der Waals surface area contributed by atoms with Crippen LogP contribution in [0.1, 0.15) is 33.1 Å². The van der Waals surface area contributed by atoms with Crippen molar-refractivity contribution in [2.24, 2.45) is 11.7 Å². The van der Waals surface area contributed by atoms with Gasteiger partial charge in [-0.25, -0.2) is 4.79 Å². The van der Waals surface area contributed by atoms with Crippen LogP contribution in [0.4, 0.5) is 4.79 Å². The van der Waals surface area contributed by atoms with Crippen LogP contribution >= 0.6 is 11.8 Å². The fourth-order valence-electron chi connectivity index (χ4n) is 2.11. The van der Waals surface area contributed by atoms with E-state index in [0.717, 1.165) is 11.8 Å². The van der Waals surface area contributed by atoms with Crippen LogP contribution in [-0.2, 0) is 19.2 Å². The SMILES string of the molecule is CC(C)[C@@H](NC(=O)[C@H](CSC(=O)N(C)C)NC(=O)CCC[C@H](N)C(=O)O)C(=O)O. The monoisotopic (exact) mass is 434 g/mol. The van der Waals surface area contributed by atoms with E-state index < -0.39 is 41.9 Å². The number of carboxylic acids is 2. The highest BCUT2D eigenvalue weighted by molar-refractivity contribution is 8.13. The molecule has 29 heavy (non-hydrogen) atoms. The van der Waals surface area contributed by atoms with Crippen molar-refractivity contribution in [3.63, 3.8) is 0 Å². The second-order valence-electron chi connectivity index (χ2n) is 7.00.